The molecule has 0 nitrogen and oxygen atoms in total. The van der Waals surface area contributed by atoms with E-state index >= 15 is 0 Å². The molecule has 0 N–H and O–H groups in total. The summed E-state index contributed by atoms with van der Waals surface area (Å²) in [6.07, 6.45) is 5.12. The maximum absolute atomic E-state index is 3.67. The maximum Gasteiger partial charge on any atom is -0.147 e. The molecule has 48 heavy (non-hydrogen) atoms. The molecular formula is C44H44Cl2SiZr. The van der Waals surface area contributed by atoms with E-state index in [-0.39, 0.29) is 24.8 Å². The standard InChI is InChI=1S/2C21H17.2CH3.2ClH.H2Si.Zr/c2*1-14-12-17-11-10-15(2)21(20(17)13-14)19-9-5-7-16-6-3-4-8-18(16)19;;;;;;/h2*3-13H,1-2H3;2*1H3;2*1H;1H2;. The number of fused-ring (bicyclic) bond motifs is 4. The van der Waals surface area contributed by atoms with Crippen LogP contribution in [-0.4, -0.2) is 6.88 Å². The van der Waals surface area contributed by atoms with Crippen LogP contribution in [0.4, 0.5) is 0 Å². The van der Waals surface area contributed by atoms with Gasteiger partial charge in [0.05, 0.1) is 0 Å². The molecule has 2 atom stereocenters. The van der Waals surface area contributed by atoms with E-state index in [1.807, 2.05) is 0 Å². The molecule has 0 spiro atoms. The average molecular weight is 763 g/mol. The van der Waals surface area contributed by atoms with E-state index in [9.17, 15) is 0 Å². The average Bonchev–Trinajstić information content (AvgIpc) is 3.57. The fourth-order valence-electron chi connectivity index (χ4n) is 9.70. The Labute approximate surface area is 300 Å². The van der Waals surface area contributed by atoms with Gasteiger partial charge in [0.1, 0.15) is 0 Å². The van der Waals surface area contributed by atoms with E-state index in [2.05, 4.69) is 165 Å². The molecule has 8 rings (SSSR count). The normalized spacial score (nSPS) is 16.9. The van der Waals surface area contributed by atoms with Gasteiger partial charge in [-0.2, -0.15) is 0 Å². The van der Waals surface area contributed by atoms with Gasteiger partial charge >= 0.3 is 278 Å². The van der Waals surface area contributed by atoms with Crippen LogP contribution in [0.3, 0.4) is 0 Å². The van der Waals surface area contributed by atoms with E-state index in [1.165, 1.54) is 66.1 Å². The van der Waals surface area contributed by atoms with Crippen LogP contribution in [0.5, 0.6) is 0 Å². The van der Waals surface area contributed by atoms with Crippen molar-refractivity contribution in [3.05, 3.63) is 154 Å². The summed E-state index contributed by atoms with van der Waals surface area (Å²) in [7, 11) is 0. The second-order valence-electron chi connectivity index (χ2n) is 15.2. The van der Waals surface area contributed by atoms with Crippen LogP contribution in [0.25, 0.3) is 56.0 Å². The second-order valence-corrected chi connectivity index (χ2v) is 45.6. The van der Waals surface area contributed by atoms with Crippen molar-refractivity contribution in [2.75, 3.05) is 0 Å². The molecule has 0 saturated carbocycles. The minimum Gasteiger partial charge on any atom is -0.147 e. The van der Waals surface area contributed by atoms with Crippen molar-refractivity contribution in [1.82, 2.24) is 0 Å². The van der Waals surface area contributed by atoms with Gasteiger partial charge in [0, 0.05) is 0 Å². The molecule has 2 unspecified atom stereocenters. The summed E-state index contributed by atoms with van der Waals surface area (Å²) in [6, 6.07) is 41.1. The van der Waals surface area contributed by atoms with Gasteiger partial charge in [-0.05, 0) is 0 Å². The van der Waals surface area contributed by atoms with Crippen LogP contribution in [0.1, 0.15) is 54.5 Å². The van der Waals surface area contributed by atoms with Gasteiger partial charge in [-0.1, -0.05) is 0 Å². The summed E-state index contributed by atoms with van der Waals surface area (Å²) >= 11 is -3.67. The van der Waals surface area contributed by atoms with E-state index < -0.39 is 17.4 Å². The molecule has 0 amide bonds. The molecule has 2 aliphatic rings. The third-order valence-corrected chi connectivity index (χ3v) is 29.2. The molecule has 0 heterocycles. The Morgan fingerprint density at radius 2 is 0.854 bits per heavy atom. The number of allylic oxidation sites excluding steroid dienone is 2. The summed E-state index contributed by atoms with van der Waals surface area (Å²) in [5, 5.41) is 5.29. The third kappa shape index (κ3) is 5.18. The number of hydrogen-bond donors (Lipinski definition) is 0. The number of benzene rings is 6. The molecule has 0 aromatic heterocycles. The van der Waals surface area contributed by atoms with Gasteiger partial charge in [-0.3, -0.25) is 0 Å². The molecule has 0 aliphatic heterocycles. The Bertz CT molecular complexity index is 2230. The first kappa shape index (κ1) is 34.8. The molecule has 0 fully saturated rings. The Hall–Kier alpha value is -3.00. The fourth-order valence-corrected chi connectivity index (χ4v) is 31.0. The second kappa shape index (κ2) is 12.4. The Balaban J connectivity index is 0.00000201. The maximum atomic E-state index is 2.75. The molecule has 6 aromatic carbocycles. The first-order chi connectivity index (χ1) is 22.0. The third-order valence-electron chi connectivity index (χ3n) is 11.3. The van der Waals surface area contributed by atoms with Crippen LogP contribution in [0.2, 0.25) is 9.26 Å². The van der Waals surface area contributed by atoms with Crippen molar-refractivity contribution in [2.24, 2.45) is 0 Å². The predicted octanol–water partition coefficient (Wildman–Crippen LogP) is 12.7. The van der Waals surface area contributed by atoms with Crippen LogP contribution >= 0.6 is 24.8 Å². The van der Waals surface area contributed by atoms with E-state index in [0.717, 1.165) is 0 Å². The number of aryl methyl sites for hydroxylation is 2. The van der Waals surface area contributed by atoms with Gasteiger partial charge in [0.2, 0.25) is 0 Å². The Morgan fingerprint density at radius 1 is 0.479 bits per heavy atom. The van der Waals surface area contributed by atoms with Crippen LogP contribution in [-0.2, 0) is 17.4 Å². The number of rotatable bonds is 4. The van der Waals surface area contributed by atoms with Crippen LogP contribution in [0.15, 0.2) is 120 Å². The number of hydrogen-bond acceptors (Lipinski definition) is 0. The van der Waals surface area contributed by atoms with Gasteiger partial charge in [0.25, 0.3) is 0 Å². The smallest absolute Gasteiger partial charge is 0.147 e. The first-order valence-corrected chi connectivity index (χ1v) is 30.4. The molecule has 2 aliphatic carbocycles. The van der Waals surface area contributed by atoms with Gasteiger partial charge < -0.3 is 0 Å². The van der Waals surface area contributed by atoms with Gasteiger partial charge in [0.15, 0.2) is 0 Å². The quantitative estimate of drug-likeness (QED) is 0.157. The largest absolute Gasteiger partial charge is 0.147 e. The zero-order chi connectivity index (χ0) is 32.0. The summed E-state index contributed by atoms with van der Waals surface area (Å²) in [5.41, 5.74) is 17.4. The SMILES string of the molecule is CC1=Cc2c(ccc(C)c2-c2cccc3ccccc23)[CH]1[Zr]([CH3])([CH3])(=[SiH2])[CH]1C(C)=Cc2c1ccc(C)c2-c1cccc2ccccc12.Cl.Cl. The van der Waals surface area contributed by atoms with Crippen molar-refractivity contribution >= 4 is 65.4 Å². The van der Waals surface area contributed by atoms with Gasteiger partial charge in [-0.25, -0.2) is 0 Å². The minimum absolute atomic E-state index is 0. The number of halogens is 2. The molecular weight excluding hydrogens is 719 g/mol. The monoisotopic (exact) mass is 760 g/mol. The molecule has 0 radical (unpaired) electrons. The molecule has 0 saturated heterocycles. The molecule has 242 valence electrons. The predicted molar refractivity (Wildman–Crippen MR) is 216 cm³/mol. The zero-order valence-electron chi connectivity index (χ0n) is 28.7. The van der Waals surface area contributed by atoms with E-state index in [0.29, 0.717) is 7.25 Å². The van der Waals surface area contributed by atoms with Crippen molar-refractivity contribution < 1.29 is 17.4 Å². The van der Waals surface area contributed by atoms with E-state index in [1.54, 1.807) is 22.3 Å². The van der Waals surface area contributed by atoms with Crippen molar-refractivity contribution in [1.29, 1.82) is 0 Å². The summed E-state index contributed by atoms with van der Waals surface area (Å²) < 4.78 is 6.49. The molecule has 4 heteroatoms. The van der Waals surface area contributed by atoms with Crippen LogP contribution in [0, 0.1) is 13.8 Å². The zero-order valence-corrected chi connectivity index (χ0v) is 34.2. The van der Waals surface area contributed by atoms with Crippen molar-refractivity contribution in [3.63, 3.8) is 0 Å². The van der Waals surface area contributed by atoms with E-state index in [4.69, 9.17) is 0 Å². The molecule has 0 bridgehead atoms. The summed E-state index contributed by atoms with van der Waals surface area (Å²) in [5.74, 6) is 0. The molecule has 6 aromatic rings. The summed E-state index contributed by atoms with van der Waals surface area (Å²) in [4.78, 5) is 0. The topological polar surface area (TPSA) is 0 Å². The minimum atomic E-state index is -3.67. The summed E-state index contributed by atoms with van der Waals surface area (Å²) in [6.45, 7) is 11.9. The van der Waals surface area contributed by atoms with Crippen LogP contribution < -0.4 is 0 Å². The fraction of sp³-hybridized carbons (Fsp3) is 0.182. The first-order valence-electron chi connectivity index (χ1n) is 16.7. The van der Waals surface area contributed by atoms with Crippen molar-refractivity contribution in [2.45, 2.75) is 44.2 Å². The Kier molecular flexibility index (Phi) is 9.00. The van der Waals surface area contributed by atoms with Crippen molar-refractivity contribution in [3.8, 4) is 22.3 Å². The van der Waals surface area contributed by atoms with Gasteiger partial charge in [-0.15, -0.1) is 24.8 Å². The Morgan fingerprint density at radius 3 is 1.27 bits per heavy atom.